The first kappa shape index (κ1) is 20.3. The average Bonchev–Trinajstić information content (AvgIpc) is 3.26. The van der Waals surface area contributed by atoms with Crippen LogP contribution in [0.1, 0.15) is 26.5 Å². The second-order valence-corrected chi connectivity index (χ2v) is 7.73. The van der Waals surface area contributed by atoms with Gasteiger partial charge in [-0.2, -0.15) is 0 Å². The first-order chi connectivity index (χ1) is 13.9. The minimum absolute atomic E-state index is 0.00786. The summed E-state index contributed by atoms with van der Waals surface area (Å²) in [5.74, 6) is -0.583. The van der Waals surface area contributed by atoms with Gasteiger partial charge in [0.05, 0.1) is 30.4 Å². The van der Waals surface area contributed by atoms with E-state index in [1.165, 1.54) is 43.7 Å². The number of hydrogen-bond donors (Lipinski definition) is 2. The number of rotatable bonds is 7. The maximum atomic E-state index is 12.5. The van der Waals surface area contributed by atoms with Gasteiger partial charge in [-0.25, -0.2) is 17.9 Å². The minimum Gasteiger partial charge on any atom is -0.468 e. The molecule has 0 atom stereocenters. The monoisotopic (exact) mass is 414 g/mol. The molecular formula is C20H18N2O6S. The second-order valence-electron chi connectivity index (χ2n) is 5.96. The summed E-state index contributed by atoms with van der Waals surface area (Å²) in [6, 6.07) is 15.2. The molecule has 0 unspecified atom stereocenters. The molecule has 0 bridgehead atoms. The lowest BCUT2D eigenvalue weighted by Gasteiger charge is -2.09. The number of anilines is 1. The number of carbonyl (C=O) groups excluding carboxylic acids is 2. The van der Waals surface area contributed by atoms with Crippen LogP contribution >= 0.6 is 0 Å². The normalized spacial score (nSPS) is 11.1. The first-order valence-electron chi connectivity index (χ1n) is 8.51. The van der Waals surface area contributed by atoms with Crippen LogP contribution < -0.4 is 10.0 Å². The fraction of sp³-hybridized carbons (Fsp3) is 0.100. The zero-order valence-corrected chi connectivity index (χ0v) is 16.2. The lowest BCUT2D eigenvalue weighted by Crippen LogP contribution is -2.23. The zero-order chi connectivity index (χ0) is 20.9. The van der Waals surface area contributed by atoms with E-state index < -0.39 is 21.9 Å². The molecule has 1 aromatic heterocycles. The highest BCUT2D eigenvalue weighted by Gasteiger charge is 2.17. The summed E-state index contributed by atoms with van der Waals surface area (Å²) in [6.45, 7) is -0.00786. The molecule has 1 amide bonds. The molecule has 0 saturated heterocycles. The van der Waals surface area contributed by atoms with Crippen molar-refractivity contribution >= 4 is 27.6 Å². The Bertz CT molecular complexity index is 1120. The van der Waals surface area contributed by atoms with Crippen molar-refractivity contribution in [3.05, 3.63) is 83.8 Å². The van der Waals surface area contributed by atoms with E-state index in [1.807, 2.05) is 0 Å². The number of benzene rings is 2. The molecule has 3 aromatic rings. The van der Waals surface area contributed by atoms with Crippen molar-refractivity contribution in [3.8, 4) is 0 Å². The Labute approximate surface area is 167 Å². The third-order valence-electron chi connectivity index (χ3n) is 3.96. The van der Waals surface area contributed by atoms with Gasteiger partial charge in [-0.1, -0.05) is 12.1 Å². The molecule has 0 aliphatic rings. The van der Waals surface area contributed by atoms with E-state index in [9.17, 15) is 18.0 Å². The lowest BCUT2D eigenvalue weighted by atomic mass is 10.1. The molecule has 29 heavy (non-hydrogen) atoms. The third kappa shape index (κ3) is 5.09. The van der Waals surface area contributed by atoms with E-state index in [1.54, 1.807) is 30.3 Å². The Kier molecular flexibility index (Phi) is 6.10. The summed E-state index contributed by atoms with van der Waals surface area (Å²) in [5.41, 5.74) is 0.806. The maximum Gasteiger partial charge on any atom is 0.337 e. The number of esters is 1. The molecule has 0 saturated carbocycles. The third-order valence-corrected chi connectivity index (χ3v) is 5.36. The molecule has 2 aromatic carbocycles. The van der Waals surface area contributed by atoms with E-state index in [4.69, 9.17) is 4.42 Å². The number of nitrogens with one attached hydrogen (secondary N) is 2. The van der Waals surface area contributed by atoms with Gasteiger partial charge < -0.3 is 14.5 Å². The molecule has 3 rings (SSSR count). The van der Waals surface area contributed by atoms with Crippen LogP contribution in [0.3, 0.4) is 0 Å². The molecule has 0 radical (unpaired) electrons. The van der Waals surface area contributed by atoms with Crippen molar-refractivity contribution in [1.82, 2.24) is 4.72 Å². The molecule has 8 nitrogen and oxygen atoms in total. The highest BCUT2D eigenvalue weighted by Crippen LogP contribution is 2.16. The standard InChI is InChI=1S/C20H18N2O6S/c1-27-20(24)15-6-2-7-16(11-15)22-19(23)14-5-3-9-18(12-14)29(25,26)21-13-17-8-4-10-28-17/h2-12,21H,13H2,1H3,(H,22,23). The maximum absolute atomic E-state index is 12.5. The van der Waals surface area contributed by atoms with Crippen LogP contribution in [0.2, 0.25) is 0 Å². The van der Waals surface area contributed by atoms with Gasteiger partial charge in [-0.05, 0) is 48.5 Å². The number of amides is 1. The van der Waals surface area contributed by atoms with Crippen LogP contribution in [0, 0.1) is 0 Å². The largest absolute Gasteiger partial charge is 0.468 e. The van der Waals surface area contributed by atoms with Gasteiger partial charge in [-0.15, -0.1) is 0 Å². The summed E-state index contributed by atoms with van der Waals surface area (Å²) in [7, 11) is -2.57. The molecule has 0 aliphatic carbocycles. The van der Waals surface area contributed by atoms with Gasteiger partial charge >= 0.3 is 5.97 Å². The van der Waals surface area contributed by atoms with Gasteiger partial charge in [0.1, 0.15) is 5.76 Å². The molecule has 0 fully saturated rings. The van der Waals surface area contributed by atoms with Gasteiger partial charge in [0.25, 0.3) is 5.91 Å². The summed E-state index contributed by atoms with van der Waals surface area (Å²) < 4.78 is 37.1. The molecule has 0 spiro atoms. The van der Waals surface area contributed by atoms with Crippen molar-refractivity contribution in [2.75, 3.05) is 12.4 Å². The number of carbonyl (C=O) groups is 2. The summed E-state index contributed by atoms with van der Waals surface area (Å²) in [6.07, 6.45) is 1.45. The van der Waals surface area contributed by atoms with Crippen molar-refractivity contribution < 1.29 is 27.2 Å². The Morgan fingerprint density at radius 3 is 2.48 bits per heavy atom. The van der Waals surface area contributed by atoms with Crippen LogP contribution in [0.25, 0.3) is 0 Å². The van der Waals surface area contributed by atoms with Crippen molar-refractivity contribution in [2.45, 2.75) is 11.4 Å². The fourth-order valence-electron chi connectivity index (χ4n) is 2.51. The van der Waals surface area contributed by atoms with Crippen molar-refractivity contribution in [2.24, 2.45) is 0 Å². The quantitative estimate of drug-likeness (QED) is 0.575. The highest BCUT2D eigenvalue weighted by atomic mass is 32.2. The smallest absolute Gasteiger partial charge is 0.337 e. The number of methoxy groups -OCH3 is 1. The predicted octanol–water partition coefficient (Wildman–Crippen LogP) is 2.80. The first-order valence-corrected chi connectivity index (χ1v) is 9.99. The van der Waals surface area contributed by atoms with Crippen LogP contribution in [0.15, 0.2) is 76.2 Å². The van der Waals surface area contributed by atoms with Gasteiger partial charge in [0, 0.05) is 11.3 Å². The van der Waals surface area contributed by atoms with Gasteiger partial charge in [0.2, 0.25) is 10.0 Å². The van der Waals surface area contributed by atoms with Crippen molar-refractivity contribution in [3.63, 3.8) is 0 Å². The van der Waals surface area contributed by atoms with E-state index in [-0.39, 0.29) is 22.6 Å². The molecular weight excluding hydrogens is 396 g/mol. The summed E-state index contributed by atoms with van der Waals surface area (Å²) in [5, 5.41) is 2.63. The number of furan rings is 1. The predicted molar refractivity (Wildman–Crippen MR) is 105 cm³/mol. The molecule has 1 heterocycles. The molecule has 9 heteroatoms. The Morgan fingerprint density at radius 1 is 1.00 bits per heavy atom. The van der Waals surface area contributed by atoms with E-state index in [0.717, 1.165) is 0 Å². The summed E-state index contributed by atoms with van der Waals surface area (Å²) >= 11 is 0. The number of hydrogen-bond acceptors (Lipinski definition) is 6. The Morgan fingerprint density at radius 2 is 1.76 bits per heavy atom. The van der Waals surface area contributed by atoms with Gasteiger partial charge in [0.15, 0.2) is 0 Å². The average molecular weight is 414 g/mol. The van der Waals surface area contributed by atoms with Crippen LogP contribution in [0.5, 0.6) is 0 Å². The number of ether oxygens (including phenoxy) is 1. The molecule has 2 N–H and O–H groups in total. The Hall–Kier alpha value is -3.43. The van der Waals surface area contributed by atoms with Crippen LogP contribution in [0.4, 0.5) is 5.69 Å². The Balaban J connectivity index is 1.75. The SMILES string of the molecule is COC(=O)c1cccc(NC(=O)c2cccc(S(=O)(=O)NCc3ccco3)c2)c1. The lowest BCUT2D eigenvalue weighted by molar-refractivity contribution is 0.0600. The van der Waals surface area contributed by atoms with Crippen LogP contribution in [-0.2, 0) is 21.3 Å². The molecule has 150 valence electrons. The van der Waals surface area contributed by atoms with E-state index >= 15 is 0 Å². The van der Waals surface area contributed by atoms with Gasteiger partial charge in [-0.3, -0.25) is 4.79 Å². The summed E-state index contributed by atoms with van der Waals surface area (Å²) in [4.78, 5) is 24.1. The van der Waals surface area contributed by atoms with E-state index in [0.29, 0.717) is 11.4 Å². The topological polar surface area (TPSA) is 115 Å². The zero-order valence-electron chi connectivity index (χ0n) is 15.4. The number of sulfonamides is 1. The van der Waals surface area contributed by atoms with Crippen molar-refractivity contribution in [1.29, 1.82) is 0 Å². The van der Waals surface area contributed by atoms with Crippen LogP contribution in [-0.4, -0.2) is 27.4 Å². The highest BCUT2D eigenvalue weighted by molar-refractivity contribution is 7.89. The molecule has 0 aliphatic heterocycles. The van der Waals surface area contributed by atoms with E-state index in [2.05, 4.69) is 14.8 Å². The second kappa shape index (κ2) is 8.72. The minimum atomic E-state index is -3.84. The fourth-order valence-corrected chi connectivity index (χ4v) is 3.55.